The summed E-state index contributed by atoms with van der Waals surface area (Å²) in [6.07, 6.45) is 6.11. The number of para-hydroxylation sites is 1. The first-order valence-electron chi connectivity index (χ1n) is 5.28. The van der Waals surface area contributed by atoms with Gasteiger partial charge in [0.1, 0.15) is 0 Å². The Balaban J connectivity index is 2.52. The number of rotatable bonds is 2. The Labute approximate surface area is 101 Å². The van der Waals surface area contributed by atoms with Crippen LogP contribution in [0.3, 0.4) is 0 Å². The maximum Gasteiger partial charge on any atom is 0.0550 e. The Kier molecular flexibility index (Phi) is 3.20. The van der Waals surface area contributed by atoms with Crippen molar-refractivity contribution in [3.05, 3.63) is 59.7 Å². The minimum absolute atomic E-state index is 1.17. The first kappa shape index (κ1) is 11.1. The molecular weight excluding hydrogens is 214 g/mol. The van der Waals surface area contributed by atoms with Crippen LogP contribution in [0.5, 0.6) is 0 Å². The highest BCUT2D eigenvalue weighted by Gasteiger charge is 2.19. The number of fused-ring (bicyclic) bond motifs is 1. The lowest BCUT2D eigenvalue weighted by molar-refractivity contribution is 1.09. The second kappa shape index (κ2) is 4.62. The van der Waals surface area contributed by atoms with Gasteiger partial charge in [-0.2, -0.15) is 0 Å². The van der Waals surface area contributed by atoms with Gasteiger partial charge in [0.2, 0.25) is 0 Å². The van der Waals surface area contributed by atoms with Gasteiger partial charge in [0.15, 0.2) is 0 Å². The summed E-state index contributed by atoms with van der Waals surface area (Å²) in [7, 11) is 2.08. The van der Waals surface area contributed by atoms with Crippen molar-refractivity contribution >= 4 is 17.4 Å². The smallest absolute Gasteiger partial charge is 0.0550 e. The van der Waals surface area contributed by atoms with E-state index in [4.69, 9.17) is 0 Å². The van der Waals surface area contributed by atoms with Crippen LogP contribution in [0, 0.1) is 0 Å². The summed E-state index contributed by atoms with van der Waals surface area (Å²) >= 11 is 1.80. The van der Waals surface area contributed by atoms with Gasteiger partial charge >= 0.3 is 0 Å². The van der Waals surface area contributed by atoms with Gasteiger partial charge in [-0.1, -0.05) is 42.6 Å². The van der Waals surface area contributed by atoms with Gasteiger partial charge in [-0.3, -0.25) is 0 Å². The number of hydrogen-bond donors (Lipinski definition) is 0. The second-order valence-electron chi connectivity index (χ2n) is 3.58. The Hall–Kier alpha value is -1.41. The van der Waals surface area contributed by atoms with Gasteiger partial charge in [-0.15, -0.1) is 0 Å². The van der Waals surface area contributed by atoms with Crippen LogP contribution in [0.25, 0.3) is 0 Å². The molecule has 0 saturated carbocycles. The third kappa shape index (κ3) is 1.81. The molecule has 1 aromatic carbocycles. The molecule has 0 saturated heterocycles. The summed E-state index contributed by atoms with van der Waals surface area (Å²) < 4.78 is 0. The Bertz CT molecular complexity index is 471. The van der Waals surface area contributed by atoms with E-state index in [9.17, 15) is 0 Å². The van der Waals surface area contributed by atoms with Crippen LogP contribution >= 0.6 is 11.8 Å². The monoisotopic (exact) mass is 229 g/mol. The van der Waals surface area contributed by atoms with Crippen molar-refractivity contribution in [2.24, 2.45) is 0 Å². The first-order valence-corrected chi connectivity index (χ1v) is 6.09. The number of likely N-dealkylation sites (N-methyl/N-ethyl adjacent to an activating group) is 1. The van der Waals surface area contributed by atoms with E-state index in [1.807, 2.05) is 13.0 Å². The summed E-state index contributed by atoms with van der Waals surface area (Å²) in [5.74, 6) is 0. The van der Waals surface area contributed by atoms with Crippen molar-refractivity contribution in [3.63, 3.8) is 0 Å². The largest absolute Gasteiger partial charge is 0.343 e. The van der Waals surface area contributed by atoms with Crippen molar-refractivity contribution in [1.29, 1.82) is 0 Å². The molecule has 0 fully saturated rings. The fourth-order valence-electron chi connectivity index (χ4n) is 1.79. The number of benzene rings is 1. The molecule has 0 unspecified atom stereocenters. The molecule has 1 aliphatic heterocycles. The van der Waals surface area contributed by atoms with E-state index in [1.165, 1.54) is 21.2 Å². The highest BCUT2D eigenvalue weighted by molar-refractivity contribution is 8.03. The molecule has 0 radical (unpaired) electrons. The third-order valence-electron chi connectivity index (χ3n) is 2.57. The zero-order valence-corrected chi connectivity index (χ0v) is 10.4. The standard InChI is InChI=1S/C14H15NS/c1-4-8-13-11(5-2)15(3)12-9-6-7-10-14(12)16-13/h4-10H,2H2,1,3H3/b8-4-. The zero-order valence-electron chi connectivity index (χ0n) is 9.60. The van der Waals surface area contributed by atoms with E-state index in [0.29, 0.717) is 0 Å². The molecule has 16 heavy (non-hydrogen) atoms. The minimum atomic E-state index is 1.17. The lowest BCUT2D eigenvalue weighted by Gasteiger charge is -2.29. The fourth-order valence-corrected chi connectivity index (χ4v) is 3.02. The minimum Gasteiger partial charge on any atom is -0.343 e. The number of allylic oxidation sites excluding steroid dienone is 3. The first-order chi connectivity index (χ1) is 7.77. The quantitative estimate of drug-likeness (QED) is 0.747. The van der Waals surface area contributed by atoms with Crippen LogP contribution in [0.15, 0.2) is 64.6 Å². The maximum absolute atomic E-state index is 3.89. The predicted molar refractivity (Wildman–Crippen MR) is 72.7 cm³/mol. The third-order valence-corrected chi connectivity index (χ3v) is 3.70. The molecule has 0 bridgehead atoms. The summed E-state index contributed by atoms with van der Waals surface area (Å²) in [5.41, 5.74) is 2.41. The average molecular weight is 229 g/mol. The van der Waals surface area contributed by atoms with Crippen LogP contribution < -0.4 is 4.90 Å². The Morgan fingerprint density at radius 1 is 1.31 bits per heavy atom. The van der Waals surface area contributed by atoms with Gasteiger partial charge in [-0.25, -0.2) is 0 Å². The summed E-state index contributed by atoms with van der Waals surface area (Å²) in [6, 6.07) is 8.43. The molecule has 2 heteroatoms. The van der Waals surface area contributed by atoms with Gasteiger partial charge in [0, 0.05) is 16.8 Å². The summed E-state index contributed by atoms with van der Waals surface area (Å²) in [6.45, 7) is 5.93. The molecule has 0 aliphatic carbocycles. The second-order valence-corrected chi connectivity index (χ2v) is 4.67. The van der Waals surface area contributed by atoms with Crippen molar-refractivity contribution in [2.45, 2.75) is 11.8 Å². The van der Waals surface area contributed by atoms with Gasteiger partial charge < -0.3 is 4.90 Å². The van der Waals surface area contributed by atoms with Crippen molar-refractivity contribution < 1.29 is 0 Å². The van der Waals surface area contributed by atoms with Crippen LogP contribution in [0.1, 0.15) is 6.92 Å². The number of hydrogen-bond acceptors (Lipinski definition) is 2. The van der Waals surface area contributed by atoms with E-state index in [1.54, 1.807) is 11.8 Å². The molecule has 0 atom stereocenters. The molecule has 1 nitrogen and oxygen atoms in total. The zero-order chi connectivity index (χ0) is 11.5. The molecule has 0 N–H and O–H groups in total. The van der Waals surface area contributed by atoms with E-state index in [-0.39, 0.29) is 0 Å². The molecule has 0 amide bonds. The number of nitrogens with zero attached hydrogens (tertiary/aromatic N) is 1. The van der Waals surface area contributed by atoms with E-state index in [0.717, 1.165) is 0 Å². The molecule has 82 valence electrons. The Morgan fingerprint density at radius 2 is 2.06 bits per heavy atom. The summed E-state index contributed by atoms with van der Waals surface area (Å²) in [5, 5.41) is 0. The van der Waals surface area contributed by atoms with Crippen LogP contribution in [-0.2, 0) is 0 Å². The van der Waals surface area contributed by atoms with Crippen molar-refractivity contribution in [2.75, 3.05) is 11.9 Å². The lowest BCUT2D eigenvalue weighted by Crippen LogP contribution is -2.19. The molecule has 0 aromatic heterocycles. The lowest BCUT2D eigenvalue weighted by atomic mass is 10.2. The average Bonchev–Trinajstić information content (AvgIpc) is 2.30. The number of thioether (sulfide) groups is 1. The van der Waals surface area contributed by atoms with Gasteiger partial charge in [0.05, 0.1) is 11.4 Å². The molecule has 1 aromatic rings. The fraction of sp³-hybridized carbons (Fsp3) is 0.143. The van der Waals surface area contributed by atoms with Crippen LogP contribution in [0.4, 0.5) is 5.69 Å². The van der Waals surface area contributed by atoms with E-state index in [2.05, 4.69) is 54.9 Å². The molecule has 1 heterocycles. The number of anilines is 1. The van der Waals surface area contributed by atoms with E-state index >= 15 is 0 Å². The molecule has 0 spiro atoms. The molecule has 1 aliphatic rings. The van der Waals surface area contributed by atoms with Gasteiger partial charge in [0.25, 0.3) is 0 Å². The maximum atomic E-state index is 3.89. The van der Waals surface area contributed by atoms with Crippen molar-refractivity contribution in [1.82, 2.24) is 0 Å². The Morgan fingerprint density at radius 3 is 2.75 bits per heavy atom. The molecule has 2 rings (SSSR count). The van der Waals surface area contributed by atoms with Gasteiger partial charge in [-0.05, 0) is 25.1 Å². The highest BCUT2D eigenvalue weighted by atomic mass is 32.2. The van der Waals surface area contributed by atoms with Crippen molar-refractivity contribution in [3.8, 4) is 0 Å². The van der Waals surface area contributed by atoms with Crippen LogP contribution in [-0.4, -0.2) is 7.05 Å². The topological polar surface area (TPSA) is 3.24 Å². The van der Waals surface area contributed by atoms with E-state index < -0.39 is 0 Å². The normalized spacial score (nSPS) is 15.5. The highest BCUT2D eigenvalue weighted by Crippen LogP contribution is 2.43. The SMILES string of the molecule is C=CC1=C(/C=C\C)Sc2ccccc2N1C. The van der Waals surface area contributed by atoms with Crippen LogP contribution in [0.2, 0.25) is 0 Å². The predicted octanol–water partition coefficient (Wildman–Crippen LogP) is 4.20. The molecular formula is C14H15NS. The summed E-state index contributed by atoms with van der Waals surface area (Å²) in [4.78, 5) is 4.73.